The maximum absolute atomic E-state index is 13.2. The van der Waals surface area contributed by atoms with Gasteiger partial charge in [0.15, 0.2) is 0 Å². The Balaban J connectivity index is 1.83. The lowest BCUT2D eigenvalue weighted by atomic mass is 9.93. The quantitative estimate of drug-likeness (QED) is 0.777. The number of hydrogen-bond donors (Lipinski definition) is 3. The number of anilines is 3. The van der Waals surface area contributed by atoms with E-state index in [1.165, 1.54) is 0 Å². The lowest BCUT2D eigenvalue weighted by molar-refractivity contribution is -0.137. The minimum atomic E-state index is -4.54. The third-order valence-electron chi connectivity index (χ3n) is 4.16. The van der Waals surface area contributed by atoms with Crippen molar-refractivity contribution < 1.29 is 18.3 Å². The molecule has 2 aromatic rings. The van der Waals surface area contributed by atoms with Crippen LogP contribution in [0.15, 0.2) is 36.5 Å². The van der Waals surface area contributed by atoms with Gasteiger partial charge in [-0.15, -0.1) is 0 Å². The molecule has 3 N–H and O–H groups in total. The SMILES string of the molecule is OC1CCC(Nc2nc(Nc3ccccc3)ncc2C(F)(F)F)CC1. The number of benzene rings is 1. The van der Waals surface area contributed by atoms with Gasteiger partial charge in [-0.05, 0) is 37.8 Å². The maximum atomic E-state index is 13.2. The van der Waals surface area contributed by atoms with Crippen LogP contribution in [-0.4, -0.2) is 27.2 Å². The molecule has 1 aromatic heterocycles. The van der Waals surface area contributed by atoms with Crippen molar-refractivity contribution in [2.45, 2.75) is 44.0 Å². The van der Waals surface area contributed by atoms with E-state index in [1.54, 1.807) is 24.3 Å². The van der Waals surface area contributed by atoms with Crippen molar-refractivity contribution >= 4 is 17.5 Å². The minimum absolute atomic E-state index is 0.0949. The highest BCUT2D eigenvalue weighted by atomic mass is 19.4. The molecule has 134 valence electrons. The number of aliphatic hydroxyl groups excluding tert-OH is 1. The van der Waals surface area contributed by atoms with E-state index in [1.807, 2.05) is 6.07 Å². The predicted octanol–water partition coefficient (Wildman–Crippen LogP) is 3.95. The zero-order valence-corrected chi connectivity index (χ0v) is 13.4. The van der Waals surface area contributed by atoms with Crippen LogP contribution in [0.4, 0.5) is 30.6 Å². The predicted molar refractivity (Wildman–Crippen MR) is 88.6 cm³/mol. The van der Waals surface area contributed by atoms with Crippen LogP contribution in [0.5, 0.6) is 0 Å². The Morgan fingerprint density at radius 2 is 1.72 bits per heavy atom. The summed E-state index contributed by atoms with van der Waals surface area (Å²) in [5.41, 5.74) is -0.203. The molecular formula is C17H19F3N4O. The summed E-state index contributed by atoms with van der Waals surface area (Å²) in [6.07, 6.45) is -1.78. The highest BCUT2D eigenvalue weighted by Gasteiger charge is 2.36. The fraction of sp³-hybridized carbons (Fsp3) is 0.412. The molecule has 5 nitrogen and oxygen atoms in total. The van der Waals surface area contributed by atoms with E-state index in [9.17, 15) is 18.3 Å². The van der Waals surface area contributed by atoms with Crippen LogP contribution in [-0.2, 0) is 6.18 Å². The van der Waals surface area contributed by atoms with Crippen molar-refractivity contribution in [1.29, 1.82) is 0 Å². The third-order valence-corrected chi connectivity index (χ3v) is 4.16. The average molecular weight is 352 g/mol. The van der Waals surface area contributed by atoms with E-state index in [0.717, 1.165) is 6.20 Å². The summed E-state index contributed by atoms with van der Waals surface area (Å²) in [4.78, 5) is 7.82. The number of hydrogen-bond acceptors (Lipinski definition) is 5. The summed E-state index contributed by atoms with van der Waals surface area (Å²) in [6, 6.07) is 8.85. The Morgan fingerprint density at radius 1 is 1.04 bits per heavy atom. The van der Waals surface area contributed by atoms with E-state index >= 15 is 0 Å². The molecule has 1 aliphatic rings. The van der Waals surface area contributed by atoms with Crippen LogP contribution >= 0.6 is 0 Å². The summed E-state index contributed by atoms with van der Waals surface area (Å²) in [6.45, 7) is 0. The average Bonchev–Trinajstić information content (AvgIpc) is 2.57. The zero-order valence-electron chi connectivity index (χ0n) is 13.4. The monoisotopic (exact) mass is 352 g/mol. The Labute approximate surface area is 143 Å². The molecule has 1 aliphatic carbocycles. The van der Waals surface area contributed by atoms with Gasteiger partial charge in [-0.2, -0.15) is 18.2 Å². The Kier molecular flexibility index (Phi) is 5.08. The van der Waals surface area contributed by atoms with E-state index in [0.29, 0.717) is 31.4 Å². The van der Waals surface area contributed by atoms with Gasteiger partial charge < -0.3 is 15.7 Å². The summed E-state index contributed by atoms with van der Waals surface area (Å²) in [5.74, 6) is -0.139. The molecule has 25 heavy (non-hydrogen) atoms. The molecule has 0 radical (unpaired) electrons. The van der Waals surface area contributed by atoms with E-state index in [2.05, 4.69) is 20.6 Å². The van der Waals surface area contributed by atoms with Crippen LogP contribution in [0.25, 0.3) is 0 Å². The second kappa shape index (κ2) is 7.26. The third kappa shape index (κ3) is 4.60. The molecule has 0 unspecified atom stereocenters. The van der Waals surface area contributed by atoms with Gasteiger partial charge in [0.1, 0.15) is 11.4 Å². The lowest BCUT2D eigenvalue weighted by Gasteiger charge is -2.27. The topological polar surface area (TPSA) is 70.1 Å². The van der Waals surface area contributed by atoms with E-state index < -0.39 is 11.7 Å². The van der Waals surface area contributed by atoms with Gasteiger partial charge in [0.05, 0.1) is 6.10 Å². The molecule has 0 bridgehead atoms. The minimum Gasteiger partial charge on any atom is -0.393 e. The normalized spacial score (nSPS) is 21.0. The van der Waals surface area contributed by atoms with Crippen molar-refractivity contribution in [3.8, 4) is 0 Å². The summed E-state index contributed by atoms with van der Waals surface area (Å²) in [5, 5.41) is 15.3. The highest BCUT2D eigenvalue weighted by Crippen LogP contribution is 2.35. The van der Waals surface area contributed by atoms with Crippen molar-refractivity contribution in [1.82, 2.24) is 9.97 Å². The number of para-hydroxylation sites is 1. The second-order valence-corrected chi connectivity index (χ2v) is 6.09. The number of nitrogens with one attached hydrogen (secondary N) is 2. The molecule has 1 saturated carbocycles. The summed E-state index contributed by atoms with van der Waals surface area (Å²) < 4.78 is 39.7. The van der Waals surface area contributed by atoms with Crippen molar-refractivity contribution in [2.24, 2.45) is 0 Å². The van der Waals surface area contributed by atoms with Gasteiger partial charge in [-0.25, -0.2) is 4.98 Å². The van der Waals surface area contributed by atoms with Gasteiger partial charge in [-0.3, -0.25) is 0 Å². The Bertz CT molecular complexity index is 701. The summed E-state index contributed by atoms with van der Waals surface area (Å²) in [7, 11) is 0. The maximum Gasteiger partial charge on any atom is 0.421 e. The second-order valence-electron chi connectivity index (χ2n) is 6.09. The molecule has 1 heterocycles. The molecule has 1 fully saturated rings. The van der Waals surface area contributed by atoms with Crippen molar-refractivity contribution in [3.05, 3.63) is 42.1 Å². The Hall–Kier alpha value is -2.35. The number of aliphatic hydroxyl groups is 1. The largest absolute Gasteiger partial charge is 0.421 e. The molecule has 0 saturated heterocycles. The van der Waals surface area contributed by atoms with Crippen molar-refractivity contribution in [2.75, 3.05) is 10.6 Å². The van der Waals surface area contributed by atoms with Gasteiger partial charge in [0.2, 0.25) is 5.95 Å². The van der Waals surface area contributed by atoms with Gasteiger partial charge in [0.25, 0.3) is 0 Å². The van der Waals surface area contributed by atoms with E-state index in [4.69, 9.17) is 0 Å². The fourth-order valence-corrected chi connectivity index (χ4v) is 2.82. The van der Waals surface area contributed by atoms with Crippen LogP contribution < -0.4 is 10.6 Å². The smallest absolute Gasteiger partial charge is 0.393 e. The van der Waals surface area contributed by atoms with Gasteiger partial charge >= 0.3 is 6.18 Å². The number of nitrogens with zero attached hydrogens (tertiary/aromatic N) is 2. The Morgan fingerprint density at radius 3 is 2.36 bits per heavy atom. The van der Waals surface area contributed by atoms with Crippen molar-refractivity contribution in [3.63, 3.8) is 0 Å². The first-order valence-corrected chi connectivity index (χ1v) is 8.13. The van der Waals surface area contributed by atoms with E-state index in [-0.39, 0.29) is 23.9 Å². The van der Waals surface area contributed by atoms with Crippen LogP contribution in [0.1, 0.15) is 31.2 Å². The zero-order chi connectivity index (χ0) is 17.9. The van der Waals surface area contributed by atoms with Crippen LogP contribution in [0, 0.1) is 0 Å². The highest BCUT2D eigenvalue weighted by molar-refractivity contribution is 5.56. The van der Waals surface area contributed by atoms with Crippen LogP contribution in [0.3, 0.4) is 0 Å². The van der Waals surface area contributed by atoms with Gasteiger partial charge in [-0.1, -0.05) is 18.2 Å². The lowest BCUT2D eigenvalue weighted by Crippen LogP contribution is -2.29. The first-order valence-electron chi connectivity index (χ1n) is 8.13. The fourth-order valence-electron chi connectivity index (χ4n) is 2.82. The molecule has 0 spiro atoms. The molecule has 1 aromatic carbocycles. The molecule has 0 amide bonds. The van der Waals surface area contributed by atoms with Crippen LogP contribution in [0.2, 0.25) is 0 Å². The molecule has 3 rings (SSSR count). The number of halogens is 3. The molecular weight excluding hydrogens is 333 g/mol. The number of aromatic nitrogens is 2. The number of rotatable bonds is 4. The summed E-state index contributed by atoms with van der Waals surface area (Å²) >= 11 is 0. The number of alkyl halides is 3. The standard InChI is InChI=1S/C17H19F3N4O/c18-17(19,20)14-10-21-16(23-11-4-2-1-3-5-11)24-15(14)22-12-6-8-13(25)9-7-12/h1-5,10,12-13,25H,6-9H2,(H2,21,22,23,24). The molecule has 8 heteroatoms. The molecule has 0 aliphatic heterocycles. The first kappa shape index (κ1) is 17.5. The first-order chi connectivity index (χ1) is 11.9. The van der Waals surface area contributed by atoms with Gasteiger partial charge in [0, 0.05) is 17.9 Å². The molecule has 0 atom stereocenters.